The van der Waals surface area contributed by atoms with Crippen molar-refractivity contribution >= 4 is 22.7 Å². The molecule has 1 N–H and O–H groups in total. The summed E-state index contributed by atoms with van der Waals surface area (Å²) in [5, 5.41) is 9.27. The first kappa shape index (κ1) is 13.1. The quantitative estimate of drug-likeness (QED) is 0.587. The molecule has 0 unspecified atom stereocenters. The highest BCUT2D eigenvalue weighted by atomic mass is 19.1. The molecule has 21 heavy (non-hydrogen) atoms. The lowest BCUT2D eigenvalue weighted by Gasteiger charge is -1.92. The van der Waals surface area contributed by atoms with E-state index >= 15 is 0 Å². The molecule has 0 atom stereocenters. The number of rotatable bonds is 4. The molecule has 0 bridgehead atoms. The first-order valence-corrected chi connectivity index (χ1v) is 6.05. The number of hydrogen-bond acceptors (Lipinski definition) is 4. The second kappa shape index (κ2) is 4.90. The molecule has 0 fully saturated rings. The molecular weight excluding hydrogens is 279 g/mol. The van der Waals surface area contributed by atoms with Crippen molar-refractivity contribution in [2.75, 3.05) is 0 Å². The van der Waals surface area contributed by atoms with Crippen LogP contribution in [0.2, 0.25) is 0 Å². The number of hydrogen-bond donors (Lipinski definition) is 1. The van der Waals surface area contributed by atoms with Gasteiger partial charge in [-0.2, -0.15) is 0 Å². The van der Waals surface area contributed by atoms with Gasteiger partial charge >= 0.3 is 5.97 Å². The molecule has 0 saturated carbocycles. The van der Waals surface area contributed by atoms with Crippen molar-refractivity contribution in [1.82, 2.24) is 0 Å². The zero-order valence-electron chi connectivity index (χ0n) is 10.6. The van der Waals surface area contributed by atoms with Crippen molar-refractivity contribution < 1.29 is 27.9 Å². The lowest BCUT2D eigenvalue weighted by atomic mass is 10.1. The first-order valence-electron chi connectivity index (χ1n) is 6.05. The minimum Gasteiger partial charge on any atom is -0.481 e. The number of carboxylic acids is 1. The van der Waals surface area contributed by atoms with E-state index in [4.69, 9.17) is 13.9 Å². The van der Waals surface area contributed by atoms with Crippen LogP contribution in [0.15, 0.2) is 45.6 Å². The predicted octanol–water partition coefficient (Wildman–Crippen LogP) is 3.49. The summed E-state index contributed by atoms with van der Waals surface area (Å²) in [5.41, 5.74) is 1.59. The van der Waals surface area contributed by atoms with Crippen LogP contribution in [-0.2, 0) is 4.79 Å². The van der Waals surface area contributed by atoms with Crippen LogP contribution in [0, 0.1) is 5.82 Å². The Hall–Kier alpha value is -2.89. The Morgan fingerprint density at radius 3 is 2.71 bits per heavy atom. The van der Waals surface area contributed by atoms with Gasteiger partial charge in [0.05, 0.1) is 12.5 Å². The number of Topliss-reactive ketones (excluding diaryl/α,β-unsaturated/α-hetero) is 1. The molecule has 6 heteroatoms. The maximum absolute atomic E-state index is 13.1. The summed E-state index contributed by atoms with van der Waals surface area (Å²) in [6.07, 6.45) is 2.13. The smallest absolute Gasteiger partial charge is 0.311 e. The summed E-state index contributed by atoms with van der Waals surface area (Å²) in [6, 6.07) is 5.57. The normalized spacial score (nSPS) is 10.9. The molecule has 0 spiro atoms. The van der Waals surface area contributed by atoms with E-state index in [9.17, 15) is 14.0 Å². The Bertz CT molecular complexity index is 843. The fraction of sp³-hybridized carbons (Fsp3) is 0.0667. The standard InChI is InChI=1S/C15H9FO5/c16-9-1-2-10-11(7-21-13(10)4-9)8-3-14(20-6-8)12(17)5-15(18)19/h1-4,6-7H,5H2,(H,18,19). The van der Waals surface area contributed by atoms with Crippen LogP contribution in [0.3, 0.4) is 0 Å². The van der Waals surface area contributed by atoms with E-state index in [-0.39, 0.29) is 5.76 Å². The van der Waals surface area contributed by atoms with Gasteiger partial charge in [0.1, 0.15) is 17.8 Å². The third-order valence-corrected chi connectivity index (χ3v) is 3.03. The molecular formula is C15H9FO5. The summed E-state index contributed by atoms with van der Waals surface area (Å²) in [7, 11) is 0. The third kappa shape index (κ3) is 2.43. The number of ketones is 1. The molecule has 0 amide bonds. The average molecular weight is 288 g/mol. The summed E-state index contributed by atoms with van der Waals surface area (Å²) < 4.78 is 23.5. The van der Waals surface area contributed by atoms with Gasteiger partial charge in [0.15, 0.2) is 5.76 Å². The summed E-state index contributed by atoms with van der Waals surface area (Å²) in [4.78, 5) is 22.1. The molecule has 106 valence electrons. The SMILES string of the molecule is O=C(O)CC(=O)c1cc(-c2coc3cc(F)ccc23)co1. The van der Waals surface area contributed by atoms with Gasteiger partial charge in [0.25, 0.3) is 0 Å². The van der Waals surface area contributed by atoms with Crippen LogP contribution in [0.5, 0.6) is 0 Å². The Morgan fingerprint density at radius 1 is 1.14 bits per heavy atom. The molecule has 1 aromatic carbocycles. The minimum absolute atomic E-state index is 0.0381. The second-order valence-corrected chi connectivity index (χ2v) is 4.48. The lowest BCUT2D eigenvalue weighted by molar-refractivity contribution is -0.135. The third-order valence-electron chi connectivity index (χ3n) is 3.03. The van der Waals surface area contributed by atoms with Gasteiger partial charge in [-0.25, -0.2) is 4.39 Å². The number of carbonyl (C=O) groups excluding carboxylic acids is 1. The second-order valence-electron chi connectivity index (χ2n) is 4.48. The number of halogens is 1. The molecule has 0 saturated heterocycles. The van der Waals surface area contributed by atoms with Crippen LogP contribution in [-0.4, -0.2) is 16.9 Å². The monoisotopic (exact) mass is 288 g/mol. The number of carboxylic acid groups (broad SMARTS) is 1. The van der Waals surface area contributed by atoms with Crippen LogP contribution >= 0.6 is 0 Å². The molecule has 5 nitrogen and oxygen atoms in total. The average Bonchev–Trinajstić information content (AvgIpc) is 3.02. The lowest BCUT2D eigenvalue weighted by Crippen LogP contribution is -2.05. The Morgan fingerprint density at radius 2 is 1.95 bits per heavy atom. The Balaban J connectivity index is 1.98. The Kier molecular flexibility index (Phi) is 3.06. The number of fused-ring (bicyclic) bond motifs is 1. The van der Waals surface area contributed by atoms with E-state index in [1.165, 1.54) is 30.7 Å². The van der Waals surface area contributed by atoms with E-state index < -0.39 is 24.0 Å². The van der Waals surface area contributed by atoms with Gasteiger partial charge in [0, 0.05) is 22.6 Å². The van der Waals surface area contributed by atoms with Crippen LogP contribution in [0.1, 0.15) is 17.0 Å². The maximum Gasteiger partial charge on any atom is 0.311 e. The van der Waals surface area contributed by atoms with Gasteiger partial charge in [-0.3, -0.25) is 9.59 Å². The van der Waals surface area contributed by atoms with E-state index in [0.717, 1.165) is 0 Å². The molecule has 0 aliphatic carbocycles. The predicted molar refractivity (Wildman–Crippen MR) is 70.5 cm³/mol. The highest BCUT2D eigenvalue weighted by molar-refractivity contribution is 6.05. The molecule has 2 heterocycles. The van der Waals surface area contributed by atoms with Crippen molar-refractivity contribution in [3.05, 3.63) is 48.4 Å². The molecule has 0 aliphatic rings. The fourth-order valence-electron chi connectivity index (χ4n) is 2.07. The summed E-state index contributed by atoms with van der Waals surface area (Å²) in [5.74, 6) is -2.29. The van der Waals surface area contributed by atoms with E-state index in [1.54, 1.807) is 6.07 Å². The van der Waals surface area contributed by atoms with Crippen molar-refractivity contribution in [1.29, 1.82) is 0 Å². The van der Waals surface area contributed by atoms with Gasteiger partial charge in [-0.1, -0.05) is 0 Å². The van der Waals surface area contributed by atoms with Gasteiger partial charge in [-0.15, -0.1) is 0 Å². The van der Waals surface area contributed by atoms with Crippen molar-refractivity contribution in [2.45, 2.75) is 6.42 Å². The van der Waals surface area contributed by atoms with E-state index in [2.05, 4.69) is 0 Å². The molecule has 3 rings (SSSR count). The van der Waals surface area contributed by atoms with Crippen LogP contribution in [0.4, 0.5) is 4.39 Å². The van der Waals surface area contributed by atoms with Crippen LogP contribution in [0.25, 0.3) is 22.1 Å². The number of carbonyl (C=O) groups is 2. The molecule has 0 aliphatic heterocycles. The minimum atomic E-state index is -1.22. The summed E-state index contributed by atoms with van der Waals surface area (Å²) in [6.45, 7) is 0. The fourth-order valence-corrected chi connectivity index (χ4v) is 2.07. The zero-order valence-corrected chi connectivity index (χ0v) is 10.6. The summed E-state index contributed by atoms with van der Waals surface area (Å²) >= 11 is 0. The molecule has 3 aromatic rings. The van der Waals surface area contributed by atoms with Crippen molar-refractivity contribution in [3.8, 4) is 11.1 Å². The number of aliphatic carboxylic acids is 1. The first-order chi connectivity index (χ1) is 10.0. The van der Waals surface area contributed by atoms with Crippen molar-refractivity contribution in [2.24, 2.45) is 0 Å². The number of furan rings is 2. The van der Waals surface area contributed by atoms with Gasteiger partial charge in [-0.05, 0) is 18.2 Å². The van der Waals surface area contributed by atoms with Crippen molar-refractivity contribution in [3.63, 3.8) is 0 Å². The van der Waals surface area contributed by atoms with Crippen LogP contribution < -0.4 is 0 Å². The zero-order chi connectivity index (χ0) is 15.0. The van der Waals surface area contributed by atoms with E-state index in [1.807, 2.05) is 0 Å². The number of benzene rings is 1. The molecule has 2 aromatic heterocycles. The highest BCUT2D eigenvalue weighted by Gasteiger charge is 2.17. The molecule has 0 radical (unpaired) electrons. The van der Waals surface area contributed by atoms with Gasteiger partial charge < -0.3 is 13.9 Å². The largest absolute Gasteiger partial charge is 0.481 e. The van der Waals surface area contributed by atoms with E-state index in [0.29, 0.717) is 22.1 Å². The Labute approximate surface area is 117 Å². The maximum atomic E-state index is 13.1. The highest BCUT2D eigenvalue weighted by Crippen LogP contribution is 2.32. The van der Waals surface area contributed by atoms with Gasteiger partial charge in [0.2, 0.25) is 5.78 Å². The topological polar surface area (TPSA) is 80.6 Å².